The third-order valence-corrected chi connectivity index (χ3v) is 11.6. The van der Waals surface area contributed by atoms with Gasteiger partial charge in [0.15, 0.2) is 0 Å². The molecule has 0 spiro atoms. The van der Waals surface area contributed by atoms with Crippen molar-refractivity contribution in [2.24, 2.45) is 0 Å². The van der Waals surface area contributed by atoms with Crippen LogP contribution in [0.4, 0.5) is 0 Å². The minimum Gasteiger partial charge on any atom is -0.427 e. The van der Waals surface area contributed by atoms with Crippen LogP contribution in [0.15, 0.2) is 78.9 Å². The lowest BCUT2D eigenvalue weighted by Crippen LogP contribution is -2.57. The van der Waals surface area contributed by atoms with E-state index in [4.69, 9.17) is 9.31 Å². The molecular weight excluding hydrogens is 474 g/mol. The monoisotopic (exact) mass is 514 g/mol. The maximum Gasteiger partial charge on any atom is 0.309 e. The minimum absolute atomic E-state index is 0.381. The first-order chi connectivity index (χ1) is 17.3. The Morgan fingerprint density at radius 3 is 1.78 bits per heavy atom. The Morgan fingerprint density at radius 1 is 0.730 bits per heavy atom. The van der Waals surface area contributed by atoms with E-state index in [2.05, 4.69) is 78.9 Å². The van der Waals surface area contributed by atoms with E-state index in [0.717, 1.165) is 10.9 Å². The van der Waals surface area contributed by atoms with E-state index in [9.17, 15) is 10.2 Å². The van der Waals surface area contributed by atoms with Crippen LogP contribution in [-0.4, -0.2) is 56.4 Å². The van der Waals surface area contributed by atoms with E-state index in [1.54, 1.807) is 13.8 Å². The van der Waals surface area contributed by atoms with Gasteiger partial charge in [-0.2, -0.15) is 0 Å². The fraction of sp³-hybridized carbons (Fsp3) is 0.400. The lowest BCUT2D eigenvalue weighted by molar-refractivity contribution is -0.141. The van der Waals surface area contributed by atoms with Gasteiger partial charge in [-0.25, -0.2) is 0 Å². The Kier molecular flexibility index (Phi) is 7.94. The maximum absolute atomic E-state index is 11.5. The van der Waals surface area contributed by atoms with Crippen molar-refractivity contribution >= 4 is 50.2 Å². The van der Waals surface area contributed by atoms with Crippen LogP contribution >= 0.6 is 0 Å². The van der Waals surface area contributed by atoms with E-state index in [-0.39, 0.29) is 0 Å². The number of fused-ring (bicyclic) bond motifs is 4. The number of hydrogen-bond donors (Lipinski definition) is 2. The molecule has 0 saturated heterocycles. The molecule has 0 aromatic heterocycles. The second kappa shape index (κ2) is 10.5. The van der Waals surface area contributed by atoms with Gasteiger partial charge >= 0.3 is 15.0 Å². The lowest BCUT2D eigenvalue weighted by Gasteiger charge is -2.46. The first-order valence-electron chi connectivity index (χ1n) is 13.3. The largest absolute Gasteiger partial charge is 0.427 e. The van der Waals surface area contributed by atoms with Gasteiger partial charge in [0, 0.05) is 0 Å². The standard InChI is InChI=1S/C30H40B2O4Si/c1-27(2,33)30(6)19-18-29(5,34)28(3,4)35-31-22-12-10-16-25(20-22)37(24-14-8-7-9-15-24)26-17-11-13-23(21-26)32-36-30/h7-17,20-21,31-34,37H,18-19H2,1-6H3. The highest BCUT2D eigenvalue weighted by Gasteiger charge is 2.46. The number of benzene rings is 3. The zero-order valence-corrected chi connectivity index (χ0v) is 24.3. The van der Waals surface area contributed by atoms with E-state index in [1.165, 1.54) is 15.6 Å². The summed E-state index contributed by atoms with van der Waals surface area (Å²) in [6.45, 7) is 11.2. The van der Waals surface area contributed by atoms with Gasteiger partial charge < -0.3 is 19.5 Å². The van der Waals surface area contributed by atoms with Crippen LogP contribution in [0.3, 0.4) is 0 Å². The minimum atomic E-state index is -1.76. The van der Waals surface area contributed by atoms with Crippen molar-refractivity contribution in [3.05, 3.63) is 78.9 Å². The average molecular weight is 514 g/mol. The van der Waals surface area contributed by atoms with Crippen molar-refractivity contribution in [2.75, 3.05) is 0 Å². The van der Waals surface area contributed by atoms with Gasteiger partial charge in [0.2, 0.25) is 0 Å². The van der Waals surface area contributed by atoms with E-state index < -0.39 is 31.2 Å². The van der Waals surface area contributed by atoms with Crippen LogP contribution in [0, 0.1) is 0 Å². The smallest absolute Gasteiger partial charge is 0.309 e. The molecule has 3 aromatic carbocycles. The maximum atomic E-state index is 11.5. The van der Waals surface area contributed by atoms with Gasteiger partial charge in [0.05, 0.1) is 22.4 Å². The molecule has 0 radical (unpaired) electrons. The van der Waals surface area contributed by atoms with Gasteiger partial charge in [-0.1, -0.05) is 105 Å². The molecule has 0 fully saturated rings. The molecule has 2 N–H and O–H groups in total. The molecule has 0 aliphatic carbocycles. The fourth-order valence-corrected chi connectivity index (χ4v) is 8.08. The molecule has 1 heterocycles. The lowest BCUT2D eigenvalue weighted by atomic mass is 9.74. The average Bonchev–Trinajstić information content (AvgIpc) is 2.85. The summed E-state index contributed by atoms with van der Waals surface area (Å²) in [5.41, 5.74) is -1.71. The normalized spacial score (nSPS) is 26.5. The molecule has 3 unspecified atom stereocenters. The summed E-state index contributed by atoms with van der Waals surface area (Å²) in [5, 5.41) is 26.6. The van der Waals surface area contributed by atoms with Crippen LogP contribution in [0.5, 0.6) is 0 Å². The molecule has 4 rings (SSSR count). The van der Waals surface area contributed by atoms with Crippen LogP contribution in [0.2, 0.25) is 0 Å². The molecule has 3 aromatic rings. The highest BCUT2D eigenvalue weighted by Crippen LogP contribution is 2.36. The number of aliphatic hydroxyl groups is 2. The van der Waals surface area contributed by atoms with Crippen LogP contribution < -0.4 is 26.5 Å². The van der Waals surface area contributed by atoms with Gasteiger partial charge in [0.25, 0.3) is 0 Å². The van der Waals surface area contributed by atoms with Gasteiger partial charge in [0.1, 0.15) is 8.80 Å². The highest BCUT2D eigenvalue weighted by atomic mass is 28.3. The Labute approximate surface area is 225 Å². The van der Waals surface area contributed by atoms with Crippen molar-refractivity contribution in [2.45, 2.75) is 76.8 Å². The Bertz CT molecular complexity index is 1210. The molecule has 4 bridgehead atoms. The zero-order valence-electron chi connectivity index (χ0n) is 23.1. The van der Waals surface area contributed by atoms with Crippen LogP contribution in [0.1, 0.15) is 54.4 Å². The van der Waals surface area contributed by atoms with Gasteiger partial charge in [-0.05, 0) is 54.4 Å². The molecule has 3 atom stereocenters. The van der Waals surface area contributed by atoms with Crippen molar-refractivity contribution in [1.82, 2.24) is 0 Å². The van der Waals surface area contributed by atoms with Crippen molar-refractivity contribution in [1.29, 1.82) is 0 Å². The molecule has 1 aliphatic rings. The molecule has 0 amide bonds. The number of hydrogen-bond acceptors (Lipinski definition) is 4. The zero-order chi connectivity index (χ0) is 26.9. The second-order valence-corrected chi connectivity index (χ2v) is 14.9. The summed E-state index contributed by atoms with van der Waals surface area (Å²) in [7, 11) is -0.972. The van der Waals surface area contributed by atoms with E-state index >= 15 is 0 Å². The highest BCUT2D eigenvalue weighted by molar-refractivity contribution is 6.95. The fourth-order valence-electron chi connectivity index (χ4n) is 4.95. The molecule has 194 valence electrons. The molecule has 37 heavy (non-hydrogen) atoms. The SMILES string of the molecule is CC(C)(O)C1(C)CCC(C)(O)C(C)(C)OBc2cccc(c2)[SiH](c2ccccc2)c2cccc(c2)BO1. The third-order valence-electron chi connectivity index (χ3n) is 8.54. The molecule has 4 nitrogen and oxygen atoms in total. The molecule has 7 heteroatoms. The summed E-state index contributed by atoms with van der Waals surface area (Å²) in [4.78, 5) is 0. The van der Waals surface area contributed by atoms with Crippen molar-refractivity contribution < 1.29 is 19.5 Å². The quantitative estimate of drug-likeness (QED) is 0.497. The topological polar surface area (TPSA) is 58.9 Å². The molecule has 1 aliphatic heterocycles. The predicted molar refractivity (Wildman–Crippen MR) is 160 cm³/mol. The van der Waals surface area contributed by atoms with Crippen molar-refractivity contribution in [3.8, 4) is 0 Å². The van der Waals surface area contributed by atoms with E-state index in [1.807, 2.05) is 27.7 Å². The Morgan fingerprint density at radius 2 is 1.24 bits per heavy atom. The molecule has 0 saturated carbocycles. The first kappa shape index (κ1) is 27.9. The Hall–Kier alpha value is -2.15. The second-order valence-electron chi connectivity index (χ2n) is 12.0. The summed E-state index contributed by atoms with van der Waals surface area (Å²) >= 11 is 0. The number of rotatable bonds is 2. The molecular formula is C30H40B2O4Si. The van der Waals surface area contributed by atoms with E-state index in [0.29, 0.717) is 27.8 Å². The summed E-state index contributed by atoms with van der Waals surface area (Å²) in [6.07, 6.45) is 0.899. The first-order valence-corrected chi connectivity index (χ1v) is 15.0. The van der Waals surface area contributed by atoms with Gasteiger partial charge in [-0.3, -0.25) is 0 Å². The van der Waals surface area contributed by atoms with Crippen LogP contribution in [0.25, 0.3) is 0 Å². The van der Waals surface area contributed by atoms with Crippen molar-refractivity contribution in [3.63, 3.8) is 0 Å². The Balaban J connectivity index is 1.83. The van der Waals surface area contributed by atoms with Crippen LogP contribution in [-0.2, 0) is 9.31 Å². The summed E-state index contributed by atoms with van der Waals surface area (Å²) < 4.78 is 12.9. The summed E-state index contributed by atoms with van der Waals surface area (Å²) in [5.74, 6) is 0. The summed E-state index contributed by atoms with van der Waals surface area (Å²) in [6, 6.07) is 28.2. The predicted octanol–water partition coefficient (Wildman–Crippen LogP) is 0.775. The van der Waals surface area contributed by atoms with Gasteiger partial charge in [-0.15, -0.1) is 0 Å². The third kappa shape index (κ3) is 6.13.